The average molecular weight is 258 g/mol. The maximum atomic E-state index is 2.40. The number of hydrogen-bond donors (Lipinski definition) is 0. The smallest absolute Gasteiger partial charge is 0.0389 e. The third kappa shape index (κ3) is 3.73. The molecule has 0 saturated carbocycles. The number of rotatable bonds is 4. The van der Waals surface area contributed by atoms with E-state index in [1.807, 2.05) is 0 Å². The standard InChI is InChI=1S/C14H26S2/c1-13(11-15-7-3-4-8-15)14(2)12-16-9-5-6-10-16/h3-12H2,1-2H3/q+2/b14-13+. The van der Waals surface area contributed by atoms with Gasteiger partial charge in [-0.25, -0.2) is 0 Å². The van der Waals surface area contributed by atoms with Crippen molar-refractivity contribution in [1.82, 2.24) is 0 Å². The summed E-state index contributed by atoms with van der Waals surface area (Å²) in [5.74, 6) is 8.96. The lowest BCUT2D eigenvalue weighted by Gasteiger charge is -2.07. The van der Waals surface area contributed by atoms with Crippen LogP contribution >= 0.6 is 0 Å². The molecule has 0 aromatic rings. The Morgan fingerprint density at radius 1 is 0.688 bits per heavy atom. The van der Waals surface area contributed by atoms with E-state index in [0.29, 0.717) is 0 Å². The van der Waals surface area contributed by atoms with Crippen LogP contribution in [0.4, 0.5) is 0 Å². The minimum atomic E-state index is 0.764. The van der Waals surface area contributed by atoms with Gasteiger partial charge in [-0.15, -0.1) is 0 Å². The predicted molar refractivity (Wildman–Crippen MR) is 80.8 cm³/mol. The molecule has 0 aromatic carbocycles. The largest absolute Gasteiger partial charge is 0.129 e. The highest BCUT2D eigenvalue weighted by Crippen LogP contribution is 2.21. The zero-order valence-electron chi connectivity index (χ0n) is 10.9. The molecule has 2 saturated heterocycles. The van der Waals surface area contributed by atoms with Crippen LogP contribution in [0.25, 0.3) is 0 Å². The summed E-state index contributed by atoms with van der Waals surface area (Å²) in [6, 6.07) is 0. The van der Waals surface area contributed by atoms with Gasteiger partial charge in [0.05, 0.1) is 0 Å². The van der Waals surface area contributed by atoms with Crippen molar-refractivity contribution in [2.75, 3.05) is 34.5 Å². The average Bonchev–Trinajstić information content (AvgIpc) is 2.90. The molecule has 0 atom stereocenters. The van der Waals surface area contributed by atoms with Crippen molar-refractivity contribution in [2.45, 2.75) is 39.5 Å². The molecule has 0 nitrogen and oxygen atoms in total. The fourth-order valence-corrected chi connectivity index (χ4v) is 7.73. The van der Waals surface area contributed by atoms with Crippen LogP contribution in [0.2, 0.25) is 0 Å². The maximum Gasteiger partial charge on any atom is 0.129 e. The highest BCUT2D eigenvalue weighted by atomic mass is 32.2. The summed E-state index contributed by atoms with van der Waals surface area (Å²) < 4.78 is 0. The molecule has 0 amide bonds. The molecule has 2 aliphatic rings. The fourth-order valence-electron chi connectivity index (χ4n) is 2.58. The van der Waals surface area contributed by atoms with Crippen LogP contribution in [0.1, 0.15) is 39.5 Å². The van der Waals surface area contributed by atoms with E-state index >= 15 is 0 Å². The van der Waals surface area contributed by atoms with Gasteiger partial charge in [0.2, 0.25) is 0 Å². The van der Waals surface area contributed by atoms with Gasteiger partial charge in [-0.2, -0.15) is 0 Å². The molecule has 0 N–H and O–H groups in total. The van der Waals surface area contributed by atoms with Crippen molar-refractivity contribution >= 4 is 21.8 Å². The van der Waals surface area contributed by atoms with E-state index in [2.05, 4.69) is 13.8 Å². The van der Waals surface area contributed by atoms with Crippen LogP contribution in [-0.4, -0.2) is 34.5 Å². The van der Waals surface area contributed by atoms with E-state index < -0.39 is 0 Å². The van der Waals surface area contributed by atoms with E-state index in [9.17, 15) is 0 Å². The van der Waals surface area contributed by atoms with Gasteiger partial charge in [-0.1, -0.05) is 0 Å². The van der Waals surface area contributed by atoms with E-state index in [0.717, 1.165) is 21.8 Å². The molecule has 2 heterocycles. The molecule has 0 spiro atoms. The van der Waals surface area contributed by atoms with Gasteiger partial charge in [0.25, 0.3) is 0 Å². The van der Waals surface area contributed by atoms with Gasteiger partial charge in [0.1, 0.15) is 34.5 Å². The van der Waals surface area contributed by atoms with Crippen molar-refractivity contribution in [3.8, 4) is 0 Å². The van der Waals surface area contributed by atoms with E-state index in [1.54, 1.807) is 11.1 Å². The minimum Gasteiger partial charge on any atom is -0.0389 e. The third-order valence-electron chi connectivity index (χ3n) is 3.80. The van der Waals surface area contributed by atoms with Crippen LogP contribution in [0.15, 0.2) is 11.1 Å². The van der Waals surface area contributed by atoms with E-state index in [1.165, 1.54) is 60.2 Å². The monoisotopic (exact) mass is 258 g/mol. The normalized spacial score (nSPS) is 25.1. The Hall–Kier alpha value is 0.440. The summed E-state index contributed by atoms with van der Waals surface area (Å²) in [6.45, 7) is 4.81. The molecular weight excluding hydrogens is 232 g/mol. The Labute approximate surface area is 107 Å². The molecule has 0 radical (unpaired) electrons. The molecule has 0 bridgehead atoms. The lowest BCUT2D eigenvalue weighted by Crippen LogP contribution is -2.15. The lowest BCUT2D eigenvalue weighted by atomic mass is 10.2. The van der Waals surface area contributed by atoms with Gasteiger partial charge < -0.3 is 0 Å². The minimum absolute atomic E-state index is 0.764. The predicted octanol–water partition coefficient (Wildman–Crippen LogP) is 3.15. The molecule has 0 aliphatic carbocycles. The van der Waals surface area contributed by atoms with Crippen molar-refractivity contribution in [3.05, 3.63) is 11.1 Å². The molecule has 2 heteroatoms. The summed E-state index contributed by atoms with van der Waals surface area (Å²) in [7, 11) is 1.53. The van der Waals surface area contributed by atoms with Gasteiger partial charge in [-0.05, 0) is 72.5 Å². The SMILES string of the molecule is C/C(C[S+]1CCCC1)=C(/C)C[S+]1CCCC1. The topological polar surface area (TPSA) is 0 Å². The second kappa shape index (κ2) is 6.39. The maximum absolute atomic E-state index is 2.40. The second-order valence-corrected chi connectivity index (χ2v) is 9.96. The van der Waals surface area contributed by atoms with Crippen molar-refractivity contribution < 1.29 is 0 Å². The second-order valence-electron chi connectivity index (χ2n) is 5.30. The number of hydrogen-bond acceptors (Lipinski definition) is 0. The zero-order valence-corrected chi connectivity index (χ0v) is 12.5. The molecule has 0 unspecified atom stereocenters. The van der Waals surface area contributed by atoms with Crippen LogP contribution in [-0.2, 0) is 21.8 Å². The van der Waals surface area contributed by atoms with Crippen molar-refractivity contribution in [3.63, 3.8) is 0 Å². The highest BCUT2D eigenvalue weighted by Gasteiger charge is 2.27. The van der Waals surface area contributed by atoms with E-state index in [4.69, 9.17) is 0 Å². The lowest BCUT2D eigenvalue weighted by molar-refractivity contribution is 0.949. The van der Waals surface area contributed by atoms with Gasteiger partial charge >= 0.3 is 0 Å². The molecule has 16 heavy (non-hydrogen) atoms. The summed E-state index contributed by atoms with van der Waals surface area (Å²) in [5.41, 5.74) is 3.48. The molecular formula is C14H26S2+2. The molecule has 0 aromatic heterocycles. The Morgan fingerprint density at radius 3 is 1.31 bits per heavy atom. The summed E-state index contributed by atoms with van der Waals surface area (Å²) in [6.07, 6.45) is 6.00. The first-order valence-electron chi connectivity index (χ1n) is 6.69. The first-order valence-corrected chi connectivity index (χ1v) is 10.2. The fraction of sp³-hybridized carbons (Fsp3) is 0.857. The Morgan fingerprint density at radius 2 is 1.00 bits per heavy atom. The Kier molecular flexibility index (Phi) is 5.15. The summed E-state index contributed by atoms with van der Waals surface area (Å²) in [5, 5.41) is 0. The first kappa shape index (κ1) is 12.9. The molecule has 2 rings (SSSR count). The summed E-state index contributed by atoms with van der Waals surface area (Å²) >= 11 is 0. The highest BCUT2D eigenvalue weighted by molar-refractivity contribution is 7.97. The van der Waals surface area contributed by atoms with Crippen LogP contribution < -0.4 is 0 Å². The van der Waals surface area contributed by atoms with Crippen molar-refractivity contribution in [1.29, 1.82) is 0 Å². The van der Waals surface area contributed by atoms with Crippen LogP contribution in [0.5, 0.6) is 0 Å². The first-order chi connectivity index (χ1) is 7.75. The third-order valence-corrected chi connectivity index (χ3v) is 8.95. The van der Waals surface area contributed by atoms with Gasteiger partial charge in [-0.3, -0.25) is 0 Å². The van der Waals surface area contributed by atoms with Crippen molar-refractivity contribution in [2.24, 2.45) is 0 Å². The Bertz CT molecular complexity index is 219. The molecule has 92 valence electrons. The van der Waals surface area contributed by atoms with E-state index in [-0.39, 0.29) is 0 Å². The Balaban J connectivity index is 1.81. The van der Waals surface area contributed by atoms with Gasteiger partial charge in [0, 0.05) is 0 Å². The van der Waals surface area contributed by atoms with Crippen LogP contribution in [0.3, 0.4) is 0 Å². The van der Waals surface area contributed by atoms with Crippen LogP contribution in [0, 0.1) is 0 Å². The zero-order chi connectivity index (χ0) is 11.4. The molecule has 2 fully saturated rings. The summed E-state index contributed by atoms with van der Waals surface area (Å²) in [4.78, 5) is 0. The van der Waals surface area contributed by atoms with Gasteiger partial charge in [0.15, 0.2) is 0 Å². The molecule has 2 aliphatic heterocycles. The quantitative estimate of drug-likeness (QED) is 0.537.